The minimum absolute atomic E-state index is 0.0769. The summed E-state index contributed by atoms with van der Waals surface area (Å²) in [5.41, 5.74) is 8.66. The average molecular weight is 293 g/mol. The molecule has 4 heteroatoms. The number of nitrogens with two attached hydrogens (primary N) is 1. The van der Waals surface area contributed by atoms with Gasteiger partial charge in [0, 0.05) is 29.2 Å². The normalized spacial score (nSPS) is 14.4. The molecule has 0 aliphatic carbocycles. The summed E-state index contributed by atoms with van der Waals surface area (Å²) >= 11 is 5.97. The van der Waals surface area contributed by atoms with Crippen LogP contribution in [0.15, 0.2) is 47.3 Å². The van der Waals surface area contributed by atoms with Gasteiger partial charge in [-0.3, -0.25) is 4.90 Å². The second-order valence-electron chi connectivity index (χ2n) is 5.12. The lowest BCUT2D eigenvalue weighted by Gasteiger charge is -2.32. The van der Waals surface area contributed by atoms with E-state index in [9.17, 15) is 0 Å². The molecule has 1 aromatic carbocycles. The Bertz CT molecular complexity index is 510. The van der Waals surface area contributed by atoms with Crippen molar-refractivity contribution in [2.45, 2.75) is 32.0 Å². The fourth-order valence-corrected chi connectivity index (χ4v) is 2.61. The van der Waals surface area contributed by atoms with Gasteiger partial charge in [-0.1, -0.05) is 30.7 Å². The largest absolute Gasteiger partial charge is 0.472 e. The van der Waals surface area contributed by atoms with Crippen LogP contribution in [0.4, 0.5) is 0 Å². The molecule has 2 aromatic rings. The van der Waals surface area contributed by atoms with Crippen LogP contribution in [-0.2, 0) is 6.54 Å². The van der Waals surface area contributed by atoms with Gasteiger partial charge in [-0.15, -0.1) is 0 Å². The first-order valence-electron chi connectivity index (χ1n) is 6.84. The van der Waals surface area contributed by atoms with Crippen molar-refractivity contribution in [2.24, 2.45) is 5.73 Å². The molecule has 1 aromatic heterocycles. The Kier molecular flexibility index (Phi) is 5.24. The van der Waals surface area contributed by atoms with Crippen LogP contribution in [0.1, 0.15) is 30.5 Å². The fraction of sp³-hybridized carbons (Fsp3) is 0.375. The smallest absolute Gasteiger partial charge is 0.0947 e. The monoisotopic (exact) mass is 292 g/mol. The zero-order valence-corrected chi connectivity index (χ0v) is 12.7. The van der Waals surface area contributed by atoms with Crippen molar-refractivity contribution < 1.29 is 4.42 Å². The third kappa shape index (κ3) is 3.63. The second kappa shape index (κ2) is 6.93. The van der Waals surface area contributed by atoms with Crippen molar-refractivity contribution in [2.75, 3.05) is 7.05 Å². The third-order valence-electron chi connectivity index (χ3n) is 3.58. The Hall–Kier alpha value is -1.29. The molecule has 20 heavy (non-hydrogen) atoms. The van der Waals surface area contributed by atoms with E-state index in [0.29, 0.717) is 0 Å². The lowest BCUT2D eigenvalue weighted by atomic mass is 9.96. The molecular weight excluding hydrogens is 272 g/mol. The van der Waals surface area contributed by atoms with Gasteiger partial charge in [-0.05, 0) is 37.2 Å². The van der Waals surface area contributed by atoms with Gasteiger partial charge in [-0.2, -0.15) is 0 Å². The average Bonchev–Trinajstić information content (AvgIpc) is 2.94. The predicted molar refractivity (Wildman–Crippen MR) is 82.6 cm³/mol. The van der Waals surface area contributed by atoms with E-state index in [1.165, 1.54) is 5.56 Å². The van der Waals surface area contributed by atoms with Crippen molar-refractivity contribution in [1.29, 1.82) is 0 Å². The van der Waals surface area contributed by atoms with Crippen LogP contribution in [0.25, 0.3) is 0 Å². The number of nitrogens with zero attached hydrogens (tertiary/aromatic N) is 1. The number of benzene rings is 1. The van der Waals surface area contributed by atoms with Gasteiger partial charge in [0.15, 0.2) is 0 Å². The van der Waals surface area contributed by atoms with Crippen LogP contribution in [0.5, 0.6) is 0 Å². The summed E-state index contributed by atoms with van der Waals surface area (Å²) in [5.74, 6) is 0. The van der Waals surface area contributed by atoms with Crippen LogP contribution in [0.2, 0.25) is 5.02 Å². The highest BCUT2D eigenvalue weighted by atomic mass is 35.5. The van der Waals surface area contributed by atoms with Crippen LogP contribution >= 0.6 is 11.6 Å². The number of likely N-dealkylation sites (N-methyl/N-ethyl adjacent to an activating group) is 1. The first-order chi connectivity index (χ1) is 9.61. The minimum Gasteiger partial charge on any atom is -0.472 e. The van der Waals surface area contributed by atoms with Gasteiger partial charge in [0.1, 0.15) is 0 Å². The molecule has 0 aliphatic rings. The molecule has 2 N–H and O–H groups in total. The number of rotatable bonds is 6. The van der Waals surface area contributed by atoms with Crippen LogP contribution in [0.3, 0.4) is 0 Å². The van der Waals surface area contributed by atoms with E-state index in [2.05, 4.69) is 18.9 Å². The van der Waals surface area contributed by atoms with E-state index in [0.717, 1.165) is 23.6 Å². The highest BCUT2D eigenvalue weighted by Gasteiger charge is 2.23. The SMILES string of the molecule is CCC(N)C(c1ccc(Cl)cc1)N(C)Cc1ccoc1. The molecule has 108 valence electrons. The van der Waals surface area contributed by atoms with Crippen molar-refractivity contribution in [1.82, 2.24) is 4.90 Å². The molecule has 0 saturated heterocycles. The quantitative estimate of drug-likeness (QED) is 0.879. The predicted octanol–water partition coefficient (Wildman–Crippen LogP) is 3.84. The Morgan fingerprint density at radius 2 is 1.95 bits per heavy atom. The van der Waals surface area contributed by atoms with Crippen LogP contribution in [-0.4, -0.2) is 18.0 Å². The van der Waals surface area contributed by atoms with Crippen LogP contribution < -0.4 is 5.73 Å². The molecule has 0 aliphatic heterocycles. The number of hydrogen-bond donors (Lipinski definition) is 1. The van der Waals surface area contributed by atoms with Gasteiger partial charge in [0.05, 0.1) is 12.5 Å². The van der Waals surface area contributed by atoms with Gasteiger partial charge >= 0.3 is 0 Å². The Balaban J connectivity index is 2.20. The number of furan rings is 1. The molecule has 3 nitrogen and oxygen atoms in total. The van der Waals surface area contributed by atoms with Gasteiger partial charge in [-0.25, -0.2) is 0 Å². The Morgan fingerprint density at radius 3 is 2.50 bits per heavy atom. The summed E-state index contributed by atoms with van der Waals surface area (Å²) in [7, 11) is 2.09. The molecular formula is C16H21ClN2O. The molecule has 0 bridgehead atoms. The van der Waals surface area contributed by atoms with Gasteiger partial charge in [0.25, 0.3) is 0 Å². The fourth-order valence-electron chi connectivity index (χ4n) is 2.48. The van der Waals surface area contributed by atoms with Crippen LogP contribution in [0, 0.1) is 0 Å². The van der Waals surface area contributed by atoms with E-state index in [1.54, 1.807) is 12.5 Å². The van der Waals surface area contributed by atoms with E-state index < -0.39 is 0 Å². The molecule has 0 radical (unpaired) electrons. The van der Waals surface area contributed by atoms with E-state index in [1.807, 2.05) is 30.3 Å². The van der Waals surface area contributed by atoms with Crippen molar-refractivity contribution in [3.05, 3.63) is 59.0 Å². The molecule has 1 heterocycles. The molecule has 0 amide bonds. The number of halogens is 1. The lowest BCUT2D eigenvalue weighted by molar-refractivity contribution is 0.201. The molecule has 0 fully saturated rings. The molecule has 0 saturated carbocycles. The molecule has 2 unspecified atom stereocenters. The van der Waals surface area contributed by atoms with E-state index >= 15 is 0 Å². The standard InChI is InChI=1S/C16H21ClN2O/c1-3-15(18)16(13-4-6-14(17)7-5-13)19(2)10-12-8-9-20-11-12/h4-9,11,15-16H,3,10,18H2,1-2H3. The summed E-state index contributed by atoms with van der Waals surface area (Å²) in [6.45, 7) is 2.91. The highest BCUT2D eigenvalue weighted by molar-refractivity contribution is 6.30. The maximum atomic E-state index is 6.32. The summed E-state index contributed by atoms with van der Waals surface area (Å²) in [5, 5.41) is 0.745. The highest BCUT2D eigenvalue weighted by Crippen LogP contribution is 2.26. The Morgan fingerprint density at radius 1 is 1.25 bits per heavy atom. The van der Waals surface area contributed by atoms with Crippen molar-refractivity contribution >= 4 is 11.6 Å². The maximum absolute atomic E-state index is 6.32. The maximum Gasteiger partial charge on any atom is 0.0947 e. The summed E-state index contributed by atoms with van der Waals surface area (Å²) in [4.78, 5) is 2.25. The summed E-state index contributed by atoms with van der Waals surface area (Å²) in [6, 6.07) is 10.1. The molecule has 0 spiro atoms. The molecule has 2 atom stereocenters. The van der Waals surface area contributed by atoms with Crippen molar-refractivity contribution in [3.8, 4) is 0 Å². The minimum atomic E-state index is 0.0769. The Labute approximate surface area is 125 Å². The second-order valence-corrected chi connectivity index (χ2v) is 5.55. The topological polar surface area (TPSA) is 42.4 Å². The van der Waals surface area contributed by atoms with E-state index in [-0.39, 0.29) is 12.1 Å². The zero-order chi connectivity index (χ0) is 14.5. The molecule has 2 rings (SSSR count). The van der Waals surface area contributed by atoms with Crippen molar-refractivity contribution in [3.63, 3.8) is 0 Å². The van der Waals surface area contributed by atoms with Gasteiger partial charge in [0.2, 0.25) is 0 Å². The lowest BCUT2D eigenvalue weighted by Crippen LogP contribution is -2.38. The first-order valence-corrected chi connectivity index (χ1v) is 7.22. The first kappa shape index (κ1) is 15.1. The van der Waals surface area contributed by atoms with Gasteiger partial charge < -0.3 is 10.2 Å². The summed E-state index contributed by atoms with van der Waals surface area (Å²) < 4.78 is 5.13. The number of hydrogen-bond acceptors (Lipinski definition) is 3. The third-order valence-corrected chi connectivity index (χ3v) is 3.83. The summed E-state index contributed by atoms with van der Waals surface area (Å²) in [6.07, 6.45) is 4.39. The van der Waals surface area contributed by atoms with E-state index in [4.69, 9.17) is 21.8 Å². The zero-order valence-electron chi connectivity index (χ0n) is 11.9.